The van der Waals surface area contributed by atoms with Crippen LogP contribution in [0, 0.1) is 13.0 Å². The fraction of sp³-hybridized carbons (Fsp3) is 0.455. The van der Waals surface area contributed by atoms with Crippen molar-refractivity contribution in [2.75, 3.05) is 18.6 Å². The lowest BCUT2D eigenvalue weighted by Gasteiger charge is -2.07. The molecule has 0 heterocycles. The van der Waals surface area contributed by atoms with Crippen molar-refractivity contribution in [2.24, 2.45) is 0 Å². The molecular formula is C11H15O4S. The van der Waals surface area contributed by atoms with E-state index in [-0.39, 0.29) is 19.0 Å². The van der Waals surface area contributed by atoms with E-state index in [2.05, 4.69) is 6.07 Å². The second-order valence-electron chi connectivity index (χ2n) is 3.66. The summed E-state index contributed by atoms with van der Waals surface area (Å²) < 4.78 is 27.1. The van der Waals surface area contributed by atoms with E-state index in [9.17, 15) is 8.42 Å². The van der Waals surface area contributed by atoms with Crippen molar-refractivity contribution in [3.8, 4) is 5.75 Å². The van der Waals surface area contributed by atoms with Gasteiger partial charge in [0.2, 0.25) is 0 Å². The topological polar surface area (TPSA) is 63.6 Å². The second-order valence-corrected chi connectivity index (χ2v) is 5.92. The number of rotatable bonds is 5. The molecule has 0 saturated heterocycles. The van der Waals surface area contributed by atoms with E-state index in [0.717, 1.165) is 5.56 Å². The summed E-state index contributed by atoms with van der Waals surface area (Å²) in [6.45, 7) is 1.85. The zero-order chi connectivity index (χ0) is 12.2. The molecule has 4 nitrogen and oxygen atoms in total. The van der Waals surface area contributed by atoms with Crippen molar-refractivity contribution >= 4 is 9.84 Å². The van der Waals surface area contributed by atoms with Crippen LogP contribution < -0.4 is 4.74 Å². The minimum absolute atomic E-state index is 0.0148. The molecule has 0 aliphatic heterocycles. The maximum Gasteiger partial charge on any atom is 0.150 e. The number of aryl methyl sites for hydroxylation is 1. The Morgan fingerprint density at radius 3 is 2.69 bits per heavy atom. The minimum Gasteiger partial charge on any atom is -0.493 e. The summed E-state index contributed by atoms with van der Waals surface area (Å²) >= 11 is 0. The Labute approximate surface area is 95.8 Å². The van der Waals surface area contributed by atoms with Crippen LogP contribution in [0.1, 0.15) is 11.1 Å². The van der Waals surface area contributed by atoms with Gasteiger partial charge in [-0.15, -0.1) is 0 Å². The van der Waals surface area contributed by atoms with Gasteiger partial charge in [-0.1, -0.05) is 0 Å². The third kappa shape index (κ3) is 4.63. The smallest absolute Gasteiger partial charge is 0.150 e. The number of benzene rings is 1. The Morgan fingerprint density at radius 2 is 2.12 bits per heavy atom. The van der Waals surface area contributed by atoms with Gasteiger partial charge in [0.15, 0.2) is 9.84 Å². The number of ether oxygens (including phenoxy) is 1. The molecule has 0 atom stereocenters. The van der Waals surface area contributed by atoms with Gasteiger partial charge >= 0.3 is 0 Å². The van der Waals surface area contributed by atoms with Gasteiger partial charge in [-0.3, -0.25) is 0 Å². The Bertz CT molecular complexity index is 451. The summed E-state index contributed by atoms with van der Waals surface area (Å²) in [6.07, 6.45) is 1.17. The van der Waals surface area contributed by atoms with E-state index in [4.69, 9.17) is 9.84 Å². The van der Waals surface area contributed by atoms with Crippen molar-refractivity contribution < 1.29 is 18.3 Å². The molecule has 0 amide bonds. The van der Waals surface area contributed by atoms with Gasteiger partial charge in [0.25, 0.3) is 0 Å². The molecule has 5 heteroatoms. The lowest BCUT2D eigenvalue weighted by atomic mass is 10.1. The van der Waals surface area contributed by atoms with Gasteiger partial charge in [0, 0.05) is 6.26 Å². The maximum absolute atomic E-state index is 10.9. The van der Waals surface area contributed by atoms with Crippen LogP contribution in [-0.4, -0.2) is 32.1 Å². The largest absolute Gasteiger partial charge is 0.493 e. The third-order valence-corrected chi connectivity index (χ3v) is 2.83. The molecule has 0 aliphatic carbocycles. The normalized spacial score (nSPS) is 11.4. The van der Waals surface area contributed by atoms with E-state index < -0.39 is 9.84 Å². The summed E-state index contributed by atoms with van der Waals surface area (Å²) in [5.41, 5.74) is 1.48. The Hall–Kier alpha value is -1.07. The fourth-order valence-electron chi connectivity index (χ4n) is 1.23. The molecule has 89 valence electrons. The number of aliphatic hydroxyl groups excluding tert-OH is 1. The fourth-order valence-corrected chi connectivity index (χ4v) is 1.62. The Kier molecular flexibility index (Phi) is 4.32. The lowest BCUT2D eigenvalue weighted by molar-refractivity contribution is 0.279. The highest BCUT2D eigenvalue weighted by Crippen LogP contribution is 2.16. The summed E-state index contributed by atoms with van der Waals surface area (Å²) in [4.78, 5) is 0. The van der Waals surface area contributed by atoms with Crippen LogP contribution in [0.4, 0.5) is 0 Å². The van der Waals surface area contributed by atoms with Crippen molar-refractivity contribution in [3.63, 3.8) is 0 Å². The van der Waals surface area contributed by atoms with Crippen LogP contribution >= 0.6 is 0 Å². The zero-order valence-corrected chi connectivity index (χ0v) is 10.2. The molecule has 0 aromatic heterocycles. The van der Waals surface area contributed by atoms with Crippen molar-refractivity contribution in [3.05, 3.63) is 29.3 Å². The molecule has 0 bridgehead atoms. The number of sulfone groups is 1. The molecule has 0 fully saturated rings. The first-order valence-electron chi connectivity index (χ1n) is 4.85. The minimum atomic E-state index is -3.00. The molecule has 1 N–H and O–H groups in total. The van der Waals surface area contributed by atoms with Crippen LogP contribution in [0.5, 0.6) is 5.75 Å². The van der Waals surface area contributed by atoms with Crippen LogP contribution in [-0.2, 0) is 16.4 Å². The van der Waals surface area contributed by atoms with E-state index in [1.165, 1.54) is 6.26 Å². The van der Waals surface area contributed by atoms with Gasteiger partial charge in [-0.2, -0.15) is 0 Å². The summed E-state index contributed by atoms with van der Waals surface area (Å²) in [7, 11) is -3.00. The highest BCUT2D eigenvalue weighted by Gasteiger charge is 2.04. The lowest BCUT2D eigenvalue weighted by Crippen LogP contribution is -2.12. The number of hydrogen-bond donors (Lipinski definition) is 1. The molecule has 1 radical (unpaired) electrons. The van der Waals surface area contributed by atoms with E-state index in [0.29, 0.717) is 11.3 Å². The molecule has 0 unspecified atom stereocenters. The molecule has 16 heavy (non-hydrogen) atoms. The van der Waals surface area contributed by atoms with Crippen LogP contribution in [0.15, 0.2) is 12.1 Å². The molecule has 1 rings (SSSR count). The average molecular weight is 243 g/mol. The number of hydrogen-bond acceptors (Lipinski definition) is 4. The van der Waals surface area contributed by atoms with Gasteiger partial charge in [0.05, 0.1) is 12.4 Å². The van der Waals surface area contributed by atoms with Crippen LogP contribution in [0.25, 0.3) is 0 Å². The Balaban J connectivity index is 2.63. The first-order valence-corrected chi connectivity index (χ1v) is 6.91. The predicted octanol–water partition coefficient (Wildman–Crippen LogP) is 0.711. The van der Waals surface area contributed by atoms with E-state index in [1.807, 2.05) is 6.92 Å². The predicted molar refractivity (Wildman–Crippen MR) is 61.1 cm³/mol. The van der Waals surface area contributed by atoms with E-state index >= 15 is 0 Å². The molecule has 1 aromatic rings. The first-order chi connectivity index (χ1) is 7.40. The SMILES string of the molecule is Cc1[c]c(CO)cc(OCCS(C)(=O)=O)c1. The van der Waals surface area contributed by atoms with Crippen molar-refractivity contribution in [1.82, 2.24) is 0 Å². The van der Waals surface area contributed by atoms with Gasteiger partial charge in [-0.25, -0.2) is 8.42 Å². The maximum atomic E-state index is 10.9. The molecule has 0 saturated carbocycles. The highest BCUT2D eigenvalue weighted by atomic mass is 32.2. The van der Waals surface area contributed by atoms with Gasteiger partial charge in [-0.05, 0) is 36.2 Å². The van der Waals surface area contributed by atoms with Gasteiger partial charge in [0.1, 0.15) is 12.4 Å². The molecule has 0 spiro atoms. The third-order valence-electron chi connectivity index (χ3n) is 1.93. The molecule has 1 aromatic carbocycles. The quantitative estimate of drug-likeness (QED) is 0.827. The van der Waals surface area contributed by atoms with Gasteiger partial charge < -0.3 is 9.84 Å². The number of aliphatic hydroxyl groups is 1. The van der Waals surface area contributed by atoms with E-state index in [1.54, 1.807) is 12.1 Å². The van der Waals surface area contributed by atoms with Crippen molar-refractivity contribution in [2.45, 2.75) is 13.5 Å². The van der Waals surface area contributed by atoms with Crippen molar-refractivity contribution in [1.29, 1.82) is 0 Å². The summed E-state index contributed by atoms with van der Waals surface area (Å²) in [5.74, 6) is 0.544. The first kappa shape index (κ1) is 13.0. The van der Waals surface area contributed by atoms with Crippen LogP contribution in [0.3, 0.4) is 0 Å². The Morgan fingerprint density at radius 1 is 1.44 bits per heavy atom. The molecule has 0 aliphatic rings. The highest BCUT2D eigenvalue weighted by molar-refractivity contribution is 7.90. The van der Waals surface area contributed by atoms with Crippen LogP contribution in [0.2, 0.25) is 0 Å². The summed E-state index contributed by atoms with van der Waals surface area (Å²) in [5, 5.41) is 8.96. The monoisotopic (exact) mass is 243 g/mol. The molecular weight excluding hydrogens is 228 g/mol. The zero-order valence-electron chi connectivity index (χ0n) is 9.36. The standard InChI is InChI=1S/C11H15O4S/c1-9-5-10(8-12)7-11(6-9)15-3-4-16(2,13)14/h6-7,12H,3-4,8H2,1-2H3. The summed E-state index contributed by atoms with van der Waals surface area (Å²) in [6, 6.07) is 6.36. The second kappa shape index (κ2) is 5.32. The average Bonchev–Trinajstić information content (AvgIpc) is 2.14.